The van der Waals surface area contributed by atoms with Crippen molar-refractivity contribution in [2.24, 2.45) is 0 Å². The Morgan fingerprint density at radius 1 is 1.42 bits per heavy atom. The van der Waals surface area contributed by atoms with Crippen LogP contribution in [0.1, 0.15) is 23.5 Å². The Morgan fingerprint density at radius 3 is 2.95 bits per heavy atom. The fraction of sp³-hybridized carbons (Fsp3) is 0.357. The number of methoxy groups -OCH3 is 1. The van der Waals surface area contributed by atoms with Gasteiger partial charge in [0.05, 0.1) is 19.3 Å². The Hall–Kier alpha value is -1.75. The van der Waals surface area contributed by atoms with Crippen LogP contribution in [0.15, 0.2) is 18.2 Å². The molecule has 1 aliphatic heterocycles. The number of fused-ring (bicyclic) bond motifs is 2. The highest BCUT2D eigenvalue weighted by atomic mass is 32.1. The number of benzene rings is 1. The zero-order valence-corrected chi connectivity index (χ0v) is 11.9. The second kappa shape index (κ2) is 4.13. The van der Waals surface area contributed by atoms with Gasteiger partial charge in [-0.1, -0.05) is 0 Å². The van der Waals surface area contributed by atoms with Crippen LogP contribution in [0.4, 0.5) is 5.69 Å². The molecule has 2 heterocycles. The maximum atomic E-state index is 11.5. The molecule has 0 unspecified atom stereocenters. The van der Waals surface area contributed by atoms with Gasteiger partial charge in [-0.15, -0.1) is 11.3 Å². The molecule has 0 saturated carbocycles. The molecule has 1 N–H and O–H groups in total. The molecule has 4 nitrogen and oxygen atoms in total. The molecule has 2 aromatic rings. The zero-order chi connectivity index (χ0) is 13.6. The van der Waals surface area contributed by atoms with Crippen molar-refractivity contribution >= 4 is 33.1 Å². The van der Waals surface area contributed by atoms with Crippen LogP contribution in [0.2, 0.25) is 0 Å². The van der Waals surface area contributed by atoms with Gasteiger partial charge in [0, 0.05) is 10.8 Å². The zero-order valence-electron chi connectivity index (χ0n) is 11.1. The van der Waals surface area contributed by atoms with E-state index in [9.17, 15) is 4.79 Å². The molecule has 3 rings (SSSR count). The molecule has 0 radical (unpaired) electrons. The van der Waals surface area contributed by atoms with Crippen molar-refractivity contribution in [2.45, 2.75) is 19.4 Å². The lowest BCUT2D eigenvalue weighted by Crippen LogP contribution is -2.39. The van der Waals surface area contributed by atoms with Gasteiger partial charge in [-0.05, 0) is 31.4 Å². The van der Waals surface area contributed by atoms with E-state index < -0.39 is 0 Å². The average Bonchev–Trinajstić information content (AvgIpc) is 2.77. The molecule has 0 atom stereocenters. The monoisotopic (exact) mass is 277 g/mol. The molecule has 19 heavy (non-hydrogen) atoms. The lowest BCUT2D eigenvalue weighted by atomic mass is 10.1. The van der Waals surface area contributed by atoms with Crippen molar-refractivity contribution in [3.05, 3.63) is 23.1 Å². The number of anilines is 1. The minimum Gasteiger partial charge on any atom is -0.484 e. The maximum Gasteiger partial charge on any atom is 0.348 e. The maximum absolute atomic E-state index is 11.5. The quantitative estimate of drug-likeness (QED) is 0.813. The third-order valence-corrected chi connectivity index (χ3v) is 4.17. The second-order valence-corrected chi connectivity index (χ2v) is 6.29. The Balaban J connectivity index is 2.08. The predicted octanol–water partition coefficient (Wildman–Crippen LogP) is 3.27. The van der Waals surface area contributed by atoms with Gasteiger partial charge >= 0.3 is 5.97 Å². The van der Waals surface area contributed by atoms with E-state index in [1.165, 1.54) is 18.4 Å². The van der Waals surface area contributed by atoms with Gasteiger partial charge in [0.1, 0.15) is 16.2 Å². The Morgan fingerprint density at radius 2 is 2.21 bits per heavy atom. The number of hydrogen-bond donors (Lipinski definition) is 1. The van der Waals surface area contributed by atoms with Crippen molar-refractivity contribution in [3.63, 3.8) is 0 Å². The fourth-order valence-electron chi connectivity index (χ4n) is 2.13. The molecule has 0 saturated heterocycles. The minimum atomic E-state index is -0.298. The van der Waals surface area contributed by atoms with Gasteiger partial charge < -0.3 is 14.8 Å². The van der Waals surface area contributed by atoms with E-state index in [1.54, 1.807) is 0 Å². The number of carbonyl (C=O) groups is 1. The highest BCUT2D eigenvalue weighted by molar-refractivity contribution is 7.20. The predicted molar refractivity (Wildman–Crippen MR) is 76.4 cm³/mol. The van der Waals surface area contributed by atoms with Crippen molar-refractivity contribution in [1.82, 2.24) is 0 Å². The fourth-order valence-corrected chi connectivity index (χ4v) is 3.13. The number of esters is 1. The van der Waals surface area contributed by atoms with Crippen LogP contribution in [-0.4, -0.2) is 25.2 Å². The largest absolute Gasteiger partial charge is 0.484 e. The summed E-state index contributed by atoms with van der Waals surface area (Å²) in [6.07, 6.45) is 0. The number of carbonyl (C=O) groups excluding carboxylic acids is 1. The van der Waals surface area contributed by atoms with E-state index in [4.69, 9.17) is 9.47 Å². The SMILES string of the molecule is COC(=O)c1cc2cc3c(cc2s1)OC(C)(C)CN3. The van der Waals surface area contributed by atoms with Crippen LogP contribution in [-0.2, 0) is 4.74 Å². The van der Waals surface area contributed by atoms with E-state index in [0.717, 1.165) is 28.1 Å². The third-order valence-electron chi connectivity index (χ3n) is 3.10. The normalized spacial score (nSPS) is 16.4. The molecule has 0 fully saturated rings. The van der Waals surface area contributed by atoms with E-state index in [0.29, 0.717) is 4.88 Å². The number of rotatable bonds is 1. The van der Waals surface area contributed by atoms with Crippen molar-refractivity contribution in [2.75, 3.05) is 19.0 Å². The van der Waals surface area contributed by atoms with Crippen LogP contribution in [0.3, 0.4) is 0 Å². The number of ether oxygens (including phenoxy) is 2. The summed E-state index contributed by atoms with van der Waals surface area (Å²) in [5.74, 6) is 0.537. The van der Waals surface area contributed by atoms with Crippen LogP contribution in [0.25, 0.3) is 10.1 Å². The Kier molecular flexibility index (Phi) is 2.67. The Bertz CT molecular complexity index is 660. The smallest absolute Gasteiger partial charge is 0.348 e. The third kappa shape index (κ3) is 2.14. The molecule has 0 spiro atoms. The minimum absolute atomic E-state index is 0.219. The van der Waals surface area contributed by atoms with E-state index in [-0.39, 0.29) is 11.6 Å². The van der Waals surface area contributed by atoms with Crippen molar-refractivity contribution in [1.29, 1.82) is 0 Å². The molecular weight excluding hydrogens is 262 g/mol. The summed E-state index contributed by atoms with van der Waals surface area (Å²) in [4.78, 5) is 12.2. The van der Waals surface area contributed by atoms with E-state index in [2.05, 4.69) is 5.32 Å². The summed E-state index contributed by atoms with van der Waals surface area (Å²) >= 11 is 1.42. The standard InChI is InChI=1S/C14H15NO3S/c1-14(2)7-15-9-4-8-5-12(13(16)17-3)19-11(8)6-10(9)18-14/h4-6,15H,7H2,1-3H3. The molecular formula is C14H15NO3S. The van der Waals surface area contributed by atoms with Gasteiger partial charge in [-0.3, -0.25) is 0 Å². The van der Waals surface area contributed by atoms with Gasteiger partial charge in [0.25, 0.3) is 0 Å². The number of thiophene rings is 1. The lowest BCUT2D eigenvalue weighted by molar-refractivity contribution is 0.0606. The molecule has 1 aliphatic rings. The highest BCUT2D eigenvalue weighted by Gasteiger charge is 2.27. The number of nitrogens with one attached hydrogen (secondary N) is 1. The molecule has 1 aromatic heterocycles. The van der Waals surface area contributed by atoms with Crippen molar-refractivity contribution < 1.29 is 14.3 Å². The first-order chi connectivity index (χ1) is 8.98. The van der Waals surface area contributed by atoms with E-state index >= 15 is 0 Å². The molecule has 5 heteroatoms. The Labute approximate surface area is 115 Å². The first kappa shape index (κ1) is 12.3. The molecule has 0 aliphatic carbocycles. The van der Waals surface area contributed by atoms with Crippen molar-refractivity contribution in [3.8, 4) is 5.75 Å². The van der Waals surface area contributed by atoms with Crippen LogP contribution in [0, 0.1) is 0 Å². The first-order valence-electron chi connectivity index (χ1n) is 6.07. The van der Waals surface area contributed by atoms with Gasteiger partial charge in [0.15, 0.2) is 0 Å². The van der Waals surface area contributed by atoms with E-state index in [1.807, 2.05) is 32.0 Å². The van der Waals surface area contributed by atoms with Gasteiger partial charge in [-0.25, -0.2) is 4.79 Å². The van der Waals surface area contributed by atoms with Crippen LogP contribution >= 0.6 is 11.3 Å². The molecule has 0 bridgehead atoms. The molecule has 100 valence electrons. The second-order valence-electron chi connectivity index (χ2n) is 5.20. The summed E-state index contributed by atoms with van der Waals surface area (Å²) in [6, 6.07) is 5.85. The lowest BCUT2D eigenvalue weighted by Gasteiger charge is -2.33. The summed E-state index contributed by atoms with van der Waals surface area (Å²) < 4.78 is 11.7. The van der Waals surface area contributed by atoms with Gasteiger partial charge in [0.2, 0.25) is 0 Å². The van der Waals surface area contributed by atoms with Crippen LogP contribution in [0.5, 0.6) is 5.75 Å². The average molecular weight is 277 g/mol. The van der Waals surface area contributed by atoms with Crippen LogP contribution < -0.4 is 10.1 Å². The first-order valence-corrected chi connectivity index (χ1v) is 6.89. The summed E-state index contributed by atoms with van der Waals surface area (Å²) in [5.41, 5.74) is 0.754. The molecule has 1 aromatic carbocycles. The topological polar surface area (TPSA) is 47.6 Å². The summed E-state index contributed by atoms with van der Waals surface area (Å²) in [7, 11) is 1.39. The summed E-state index contributed by atoms with van der Waals surface area (Å²) in [6.45, 7) is 4.85. The molecule has 0 amide bonds. The summed E-state index contributed by atoms with van der Waals surface area (Å²) in [5, 5.41) is 4.39. The van der Waals surface area contributed by atoms with Gasteiger partial charge in [-0.2, -0.15) is 0 Å². The number of hydrogen-bond acceptors (Lipinski definition) is 5. The highest BCUT2D eigenvalue weighted by Crippen LogP contribution is 2.39.